The van der Waals surface area contributed by atoms with Crippen LogP contribution in [0.1, 0.15) is 31.7 Å². The Kier molecular flexibility index (Phi) is 6.04. The van der Waals surface area contributed by atoms with E-state index in [0.29, 0.717) is 6.54 Å². The van der Waals surface area contributed by atoms with Crippen molar-refractivity contribution in [3.8, 4) is 0 Å². The van der Waals surface area contributed by atoms with E-state index in [2.05, 4.69) is 39.9 Å². The second-order valence-corrected chi connectivity index (χ2v) is 6.58. The zero-order valence-electron chi connectivity index (χ0n) is 15.8. The molecule has 0 spiro atoms. The number of anilines is 2. The van der Waals surface area contributed by atoms with Crippen LogP contribution in [0.5, 0.6) is 0 Å². The topological polar surface area (TPSA) is 57.8 Å². The molecular formula is C20H28N6. The van der Waals surface area contributed by atoms with Gasteiger partial charge in [-0.05, 0) is 37.3 Å². The van der Waals surface area contributed by atoms with Crippen molar-refractivity contribution in [1.29, 1.82) is 0 Å². The average Bonchev–Trinajstić information content (AvgIpc) is 3.10. The lowest BCUT2D eigenvalue weighted by Gasteiger charge is -2.28. The smallest absolute Gasteiger partial charge is 0.162 e. The Morgan fingerprint density at radius 3 is 2.88 bits per heavy atom. The van der Waals surface area contributed by atoms with Crippen molar-refractivity contribution < 1.29 is 0 Å². The summed E-state index contributed by atoms with van der Waals surface area (Å²) in [7, 11) is 1.75. The van der Waals surface area contributed by atoms with Gasteiger partial charge in [0, 0.05) is 44.5 Å². The van der Waals surface area contributed by atoms with E-state index in [-0.39, 0.29) is 0 Å². The number of nitrogens with one attached hydrogen (secondary N) is 1. The molecule has 0 atom stereocenters. The Morgan fingerprint density at radius 2 is 2.15 bits per heavy atom. The van der Waals surface area contributed by atoms with Gasteiger partial charge < -0.3 is 10.2 Å². The molecule has 0 unspecified atom stereocenters. The molecule has 6 nitrogen and oxygen atoms in total. The zero-order chi connectivity index (χ0) is 18.4. The van der Waals surface area contributed by atoms with Gasteiger partial charge in [-0.1, -0.05) is 19.6 Å². The predicted molar refractivity (Wildman–Crippen MR) is 110 cm³/mol. The average molecular weight is 352 g/mol. The second-order valence-electron chi connectivity index (χ2n) is 6.58. The Bertz CT molecular complexity index is 811. The Balaban J connectivity index is 1.87. The summed E-state index contributed by atoms with van der Waals surface area (Å²) < 4.78 is 1.90. The third-order valence-corrected chi connectivity index (χ3v) is 4.66. The van der Waals surface area contributed by atoms with Crippen molar-refractivity contribution in [3.05, 3.63) is 42.1 Å². The van der Waals surface area contributed by atoms with Gasteiger partial charge in [-0.3, -0.25) is 4.99 Å². The molecular weight excluding hydrogens is 324 g/mol. The van der Waals surface area contributed by atoms with Crippen molar-refractivity contribution in [2.24, 2.45) is 4.99 Å². The van der Waals surface area contributed by atoms with Crippen LogP contribution in [0.25, 0.3) is 5.65 Å². The van der Waals surface area contributed by atoms with Gasteiger partial charge in [0.05, 0.1) is 6.20 Å². The van der Waals surface area contributed by atoms with Gasteiger partial charge in [0.15, 0.2) is 5.65 Å². The third kappa shape index (κ3) is 4.12. The lowest BCUT2D eigenvalue weighted by molar-refractivity contribution is 0.573. The SMILES string of the molecule is C=C(/C=C\C=NC)CNc1cc(N2CCCCC2)nc2c(CC)cnn12. The van der Waals surface area contributed by atoms with Crippen LogP contribution in [0.15, 0.2) is 41.6 Å². The lowest BCUT2D eigenvalue weighted by atomic mass is 10.1. The maximum atomic E-state index is 4.91. The van der Waals surface area contributed by atoms with Crippen LogP contribution in [0.2, 0.25) is 0 Å². The fourth-order valence-electron chi connectivity index (χ4n) is 3.18. The molecule has 6 heteroatoms. The van der Waals surface area contributed by atoms with Crippen LogP contribution >= 0.6 is 0 Å². The highest BCUT2D eigenvalue weighted by atomic mass is 15.3. The van der Waals surface area contributed by atoms with Gasteiger partial charge in [0.25, 0.3) is 0 Å². The van der Waals surface area contributed by atoms with Gasteiger partial charge in [-0.2, -0.15) is 9.61 Å². The molecule has 1 saturated heterocycles. The van der Waals surface area contributed by atoms with Crippen LogP contribution in [0.4, 0.5) is 11.6 Å². The van der Waals surface area contributed by atoms with Gasteiger partial charge in [0.1, 0.15) is 11.6 Å². The molecule has 1 fully saturated rings. The molecule has 3 heterocycles. The van der Waals surface area contributed by atoms with E-state index in [0.717, 1.165) is 42.4 Å². The minimum absolute atomic E-state index is 0.647. The maximum Gasteiger partial charge on any atom is 0.162 e. The minimum Gasteiger partial charge on any atom is -0.366 e. The molecule has 1 aliphatic heterocycles. The summed E-state index contributed by atoms with van der Waals surface area (Å²) in [5.41, 5.74) is 3.10. The number of fused-ring (bicyclic) bond motifs is 1. The van der Waals surface area contributed by atoms with Crippen LogP contribution < -0.4 is 10.2 Å². The van der Waals surface area contributed by atoms with Crippen LogP contribution in [0, 0.1) is 0 Å². The molecule has 2 aromatic rings. The molecule has 1 aliphatic rings. The molecule has 1 N–H and O–H groups in total. The fraction of sp³-hybridized carbons (Fsp3) is 0.450. The standard InChI is InChI=1S/C20H28N6/c1-4-17-15-23-26-18(22-14-16(2)9-8-10-21-3)13-19(24-20(17)26)25-11-6-5-7-12-25/h8-10,13,15,22H,2,4-7,11-12,14H2,1,3H3/b9-8-,21-10?. The quantitative estimate of drug-likeness (QED) is 0.612. The number of rotatable bonds is 7. The van der Waals surface area contributed by atoms with Crippen molar-refractivity contribution in [2.45, 2.75) is 32.6 Å². The van der Waals surface area contributed by atoms with E-state index in [1.54, 1.807) is 13.3 Å². The van der Waals surface area contributed by atoms with Crippen molar-refractivity contribution >= 4 is 23.5 Å². The predicted octanol–water partition coefficient (Wildman–Crippen LogP) is 3.51. The minimum atomic E-state index is 0.647. The first-order valence-electron chi connectivity index (χ1n) is 9.36. The molecule has 26 heavy (non-hydrogen) atoms. The molecule has 0 radical (unpaired) electrons. The third-order valence-electron chi connectivity index (χ3n) is 4.66. The summed E-state index contributed by atoms with van der Waals surface area (Å²) in [5.74, 6) is 1.99. The Morgan fingerprint density at radius 1 is 1.35 bits per heavy atom. The molecule has 0 amide bonds. The van der Waals surface area contributed by atoms with Crippen molar-refractivity contribution in [3.63, 3.8) is 0 Å². The number of allylic oxidation sites excluding steroid dienone is 1. The summed E-state index contributed by atoms with van der Waals surface area (Å²) >= 11 is 0. The first-order chi connectivity index (χ1) is 12.7. The van der Waals surface area contributed by atoms with E-state index in [4.69, 9.17) is 4.98 Å². The van der Waals surface area contributed by atoms with Crippen molar-refractivity contribution in [1.82, 2.24) is 14.6 Å². The molecule has 0 aliphatic carbocycles. The first-order valence-corrected chi connectivity index (χ1v) is 9.36. The number of aromatic nitrogens is 3. The number of piperidine rings is 1. The highest BCUT2D eigenvalue weighted by molar-refractivity contribution is 5.71. The van der Waals surface area contributed by atoms with E-state index in [1.807, 2.05) is 22.9 Å². The number of hydrogen-bond acceptors (Lipinski definition) is 5. The van der Waals surface area contributed by atoms with Gasteiger partial charge in [-0.25, -0.2) is 4.98 Å². The number of hydrogen-bond donors (Lipinski definition) is 1. The first kappa shape index (κ1) is 18.2. The fourth-order valence-corrected chi connectivity index (χ4v) is 3.18. The molecule has 0 saturated carbocycles. The van der Waals surface area contributed by atoms with Crippen LogP contribution in [-0.2, 0) is 6.42 Å². The summed E-state index contributed by atoms with van der Waals surface area (Å²) in [6.45, 7) is 9.02. The van der Waals surface area contributed by atoms with Crippen LogP contribution in [-0.4, -0.2) is 47.5 Å². The Hall–Kier alpha value is -2.63. The number of aryl methyl sites for hydroxylation is 1. The molecule has 0 aromatic carbocycles. The normalized spacial score (nSPS) is 15.4. The largest absolute Gasteiger partial charge is 0.366 e. The Labute approximate surface area is 155 Å². The van der Waals surface area contributed by atoms with Crippen molar-refractivity contribution in [2.75, 3.05) is 36.9 Å². The molecule has 3 rings (SSSR count). The summed E-state index contributed by atoms with van der Waals surface area (Å²) in [4.78, 5) is 11.2. The summed E-state index contributed by atoms with van der Waals surface area (Å²) in [5, 5.41) is 8.00. The van der Waals surface area contributed by atoms with Gasteiger partial charge in [0.2, 0.25) is 0 Å². The maximum absolute atomic E-state index is 4.91. The monoisotopic (exact) mass is 352 g/mol. The summed E-state index contributed by atoms with van der Waals surface area (Å²) in [6, 6.07) is 2.11. The number of nitrogens with zero attached hydrogens (tertiary/aromatic N) is 5. The van der Waals surface area contributed by atoms with Gasteiger partial charge >= 0.3 is 0 Å². The van der Waals surface area contributed by atoms with Gasteiger partial charge in [-0.15, -0.1) is 0 Å². The van der Waals surface area contributed by atoms with E-state index < -0.39 is 0 Å². The highest BCUT2D eigenvalue weighted by Gasteiger charge is 2.16. The molecule has 0 bridgehead atoms. The zero-order valence-corrected chi connectivity index (χ0v) is 15.8. The summed E-state index contributed by atoms with van der Waals surface area (Å²) in [6.07, 6.45) is 12.2. The number of aliphatic imine (C=N–C) groups is 1. The van der Waals surface area contributed by atoms with E-state index in [9.17, 15) is 0 Å². The molecule has 138 valence electrons. The van der Waals surface area contributed by atoms with E-state index in [1.165, 1.54) is 24.8 Å². The lowest BCUT2D eigenvalue weighted by Crippen LogP contribution is -2.30. The highest BCUT2D eigenvalue weighted by Crippen LogP contribution is 2.24. The van der Waals surface area contributed by atoms with E-state index >= 15 is 0 Å². The molecule has 2 aromatic heterocycles. The van der Waals surface area contributed by atoms with Crippen LogP contribution in [0.3, 0.4) is 0 Å². The second kappa shape index (κ2) is 8.65.